The van der Waals surface area contributed by atoms with Crippen LogP contribution in [0.5, 0.6) is 5.75 Å². The number of aryl methyl sites for hydroxylation is 1. The highest BCUT2D eigenvalue weighted by atomic mass is 16.5. The van der Waals surface area contributed by atoms with Crippen molar-refractivity contribution < 1.29 is 19.0 Å². The maximum Gasteiger partial charge on any atom is 0.198 e. The van der Waals surface area contributed by atoms with Crippen LogP contribution in [-0.2, 0) is 9.47 Å². The summed E-state index contributed by atoms with van der Waals surface area (Å²) in [6, 6.07) is 5.64. The van der Waals surface area contributed by atoms with E-state index in [1.165, 1.54) is 0 Å². The molecule has 1 aliphatic rings. The summed E-state index contributed by atoms with van der Waals surface area (Å²) in [4.78, 5) is 13.0. The van der Waals surface area contributed by atoms with Crippen molar-refractivity contribution in [1.29, 1.82) is 0 Å². The van der Waals surface area contributed by atoms with Gasteiger partial charge in [0.15, 0.2) is 5.78 Å². The van der Waals surface area contributed by atoms with Gasteiger partial charge in [-0.1, -0.05) is 11.6 Å². The van der Waals surface area contributed by atoms with Crippen molar-refractivity contribution in [1.82, 2.24) is 0 Å². The third-order valence-corrected chi connectivity index (χ3v) is 3.73. The molecule has 1 aromatic rings. The number of hydrogen-bond acceptors (Lipinski definition) is 4. The van der Waals surface area contributed by atoms with Crippen LogP contribution in [0.1, 0.15) is 35.7 Å². The normalized spacial score (nSPS) is 17.8. The number of ketones is 1. The topological polar surface area (TPSA) is 44.8 Å². The average molecular weight is 278 g/mol. The largest absolute Gasteiger partial charge is 0.496 e. The Labute approximate surface area is 120 Å². The molecule has 0 amide bonds. The number of benzene rings is 1. The highest BCUT2D eigenvalue weighted by molar-refractivity contribution is 6.04. The Hall–Kier alpha value is -1.39. The van der Waals surface area contributed by atoms with E-state index in [0.29, 0.717) is 44.0 Å². The molecule has 2 rings (SSSR count). The zero-order valence-electron chi connectivity index (χ0n) is 12.4. The first kappa shape index (κ1) is 15.0. The lowest BCUT2D eigenvalue weighted by atomic mass is 9.85. The highest BCUT2D eigenvalue weighted by Crippen LogP contribution is 2.33. The van der Waals surface area contributed by atoms with Crippen LogP contribution < -0.4 is 4.74 Å². The van der Waals surface area contributed by atoms with Gasteiger partial charge in [0.05, 0.1) is 12.7 Å². The van der Waals surface area contributed by atoms with Gasteiger partial charge >= 0.3 is 0 Å². The summed E-state index contributed by atoms with van der Waals surface area (Å²) < 4.78 is 16.5. The van der Waals surface area contributed by atoms with E-state index in [1.807, 2.05) is 32.0 Å². The van der Waals surface area contributed by atoms with Crippen molar-refractivity contribution in [3.05, 3.63) is 29.3 Å². The van der Waals surface area contributed by atoms with Crippen LogP contribution in [0.2, 0.25) is 0 Å². The fourth-order valence-corrected chi connectivity index (χ4v) is 2.66. The summed E-state index contributed by atoms with van der Waals surface area (Å²) in [5.74, 6) is 0.606. The molecule has 0 N–H and O–H groups in total. The van der Waals surface area contributed by atoms with Crippen LogP contribution in [-0.4, -0.2) is 38.3 Å². The van der Waals surface area contributed by atoms with Gasteiger partial charge in [0.2, 0.25) is 0 Å². The molecular formula is C16H22O4. The molecule has 0 aromatic heterocycles. The minimum absolute atomic E-state index is 0.00296. The van der Waals surface area contributed by atoms with Crippen LogP contribution in [0, 0.1) is 6.92 Å². The molecule has 1 fully saturated rings. The number of ether oxygens (including phenoxy) is 3. The predicted octanol–water partition coefficient (Wildman–Crippen LogP) is 2.77. The third-order valence-electron chi connectivity index (χ3n) is 3.73. The molecule has 4 nitrogen and oxygen atoms in total. The second-order valence-electron chi connectivity index (χ2n) is 5.07. The number of rotatable bonds is 5. The van der Waals surface area contributed by atoms with Crippen molar-refractivity contribution >= 4 is 5.78 Å². The maximum absolute atomic E-state index is 13.0. The van der Waals surface area contributed by atoms with E-state index in [0.717, 1.165) is 5.56 Å². The molecule has 4 heteroatoms. The Morgan fingerprint density at radius 2 is 2.05 bits per heavy atom. The molecule has 1 saturated heterocycles. The van der Waals surface area contributed by atoms with Gasteiger partial charge in [0.1, 0.15) is 11.4 Å². The van der Waals surface area contributed by atoms with Crippen LogP contribution in [0.25, 0.3) is 0 Å². The van der Waals surface area contributed by atoms with Gasteiger partial charge in [-0.2, -0.15) is 0 Å². The van der Waals surface area contributed by atoms with Crippen molar-refractivity contribution in [3.63, 3.8) is 0 Å². The van der Waals surface area contributed by atoms with Gasteiger partial charge in [-0.05, 0) is 26.0 Å². The van der Waals surface area contributed by atoms with Crippen molar-refractivity contribution in [2.75, 3.05) is 26.9 Å². The first-order valence-corrected chi connectivity index (χ1v) is 7.04. The summed E-state index contributed by atoms with van der Waals surface area (Å²) >= 11 is 0. The van der Waals surface area contributed by atoms with E-state index < -0.39 is 5.60 Å². The van der Waals surface area contributed by atoms with Crippen molar-refractivity contribution in [3.8, 4) is 5.75 Å². The number of Topliss-reactive ketones (excluding diaryl/α,β-unsaturated/α-hetero) is 1. The van der Waals surface area contributed by atoms with E-state index >= 15 is 0 Å². The van der Waals surface area contributed by atoms with Gasteiger partial charge in [-0.15, -0.1) is 0 Å². The molecular weight excluding hydrogens is 256 g/mol. The van der Waals surface area contributed by atoms with Crippen LogP contribution >= 0.6 is 0 Å². The van der Waals surface area contributed by atoms with E-state index in [-0.39, 0.29) is 5.78 Å². The first-order valence-electron chi connectivity index (χ1n) is 7.04. The predicted molar refractivity (Wildman–Crippen MR) is 76.5 cm³/mol. The fourth-order valence-electron chi connectivity index (χ4n) is 2.66. The zero-order valence-corrected chi connectivity index (χ0v) is 12.4. The SMILES string of the molecule is CCOC1(C(=O)c2cc(C)ccc2OC)CCOCC1. The molecule has 0 bridgehead atoms. The van der Waals surface area contributed by atoms with Crippen LogP contribution in [0.3, 0.4) is 0 Å². The zero-order chi connectivity index (χ0) is 14.6. The molecule has 1 aromatic carbocycles. The quantitative estimate of drug-likeness (QED) is 0.777. The maximum atomic E-state index is 13.0. The molecule has 0 aliphatic carbocycles. The standard InChI is InChI=1S/C16H22O4/c1-4-20-16(7-9-19-10-8-16)15(17)13-11-12(2)5-6-14(13)18-3/h5-6,11H,4,7-10H2,1-3H3. The molecule has 20 heavy (non-hydrogen) atoms. The Balaban J connectivity index is 2.39. The Morgan fingerprint density at radius 1 is 1.35 bits per heavy atom. The lowest BCUT2D eigenvalue weighted by Gasteiger charge is -2.35. The van der Waals surface area contributed by atoms with Crippen LogP contribution in [0.15, 0.2) is 18.2 Å². The third kappa shape index (κ3) is 2.86. The number of methoxy groups -OCH3 is 1. The number of carbonyl (C=O) groups excluding carboxylic acids is 1. The summed E-state index contributed by atoms with van der Waals surface area (Å²) in [6.07, 6.45) is 1.19. The monoisotopic (exact) mass is 278 g/mol. The molecule has 0 atom stereocenters. The van der Waals surface area contributed by atoms with E-state index in [9.17, 15) is 4.79 Å². The number of carbonyl (C=O) groups is 1. The van der Waals surface area contributed by atoms with Crippen molar-refractivity contribution in [2.24, 2.45) is 0 Å². The van der Waals surface area contributed by atoms with Gasteiger partial charge in [-0.25, -0.2) is 0 Å². The summed E-state index contributed by atoms with van der Waals surface area (Å²) in [5, 5.41) is 0. The Bertz CT molecular complexity index is 470. The lowest BCUT2D eigenvalue weighted by molar-refractivity contribution is -0.0823. The Morgan fingerprint density at radius 3 is 2.65 bits per heavy atom. The molecule has 0 radical (unpaired) electrons. The van der Waals surface area contributed by atoms with E-state index in [4.69, 9.17) is 14.2 Å². The average Bonchev–Trinajstić information content (AvgIpc) is 2.47. The van der Waals surface area contributed by atoms with Gasteiger partial charge in [-0.3, -0.25) is 4.79 Å². The summed E-state index contributed by atoms with van der Waals surface area (Å²) in [7, 11) is 1.58. The van der Waals surface area contributed by atoms with Gasteiger partial charge in [0.25, 0.3) is 0 Å². The lowest BCUT2D eigenvalue weighted by Crippen LogP contribution is -2.46. The molecule has 110 valence electrons. The Kier molecular flexibility index (Phi) is 4.78. The minimum atomic E-state index is -0.770. The molecule has 1 aliphatic heterocycles. The van der Waals surface area contributed by atoms with Crippen LogP contribution in [0.4, 0.5) is 0 Å². The van der Waals surface area contributed by atoms with E-state index in [1.54, 1.807) is 7.11 Å². The summed E-state index contributed by atoms with van der Waals surface area (Å²) in [6.45, 7) is 5.51. The second kappa shape index (κ2) is 6.37. The van der Waals surface area contributed by atoms with Gasteiger partial charge in [0, 0.05) is 32.7 Å². The smallest absolute Gasteiger partial charge is 0.198 e. The molecule has 0 spiro atoms. The highest BCUT2D eigenvalue weighted by Gasteiger charge is 2.42. The van der Waals surface area contributed by atoms with E-state index in [2.05, 4.69) is 0 Å². The summed E-state index contributed by atoms with van der Waals surface area (Å²) in [5.41, 5.74) is 0.865. The first-order chi connectivity index (χ1) is 9.63. The second-order valence-corrected chi connectivity index (χ2v) is 5.07. The molecule has 0 saturated carbocycles. The van der Waals surface area contributed by atoms with Crippen molar-refractivity contribution in [2.45, 2.75) is 32.3 Å². The van der Waals surface area contributed by atoms with Gasteiger partial charge < -0.3 is 14.2 Å². The fraction of sp³-hybridized carbons (Fsp3) is 0.562. The molecule has 0 unspecified atom stereocenters. The molecule has 1 heterocycles. The number of hydrogen-bond donors (Lipinski definition) is 0. The minimum Gasteiger partial charge on any atom is -0.496 e.